The third kappa shape index (κ3) is 14.7. The van der Waals surface area contributed by atoms with Crippen LogP contribution in [-0.2, 0) is 50.8 Å². The van der Waals surface area contributed by atoms with Gasteiger partial charge in [0.15, 0.2) is 0 Å². The molecule has 18 heteroatoms. The molecule has 0 aromatic carbocycles. The third-order valence-electron chi connectivity index (χ3n) is 5.12. The Morgan fingerprint density at radius 2 is 1.03 bits per heavy atom. The summed E-state index contributed by atoms with van der Waals surface area (Å²) in [6, 6.07) is 0. The number of rotatable bonds is 18. The van der Waals surface area contributed by atoms with Crippen molar-refractivity contribution < 1.29 is 55.8 Å². The number of hydrogen-bond acceptors (Lipinski definition) is 12. The Balaban J connectivity index is 1.59. The average molecular weight is 527 g/mol. The summed E-state index contributed by atoms with van der Waals surface area (Å²) < 4.78 is 60.6. The van der Waals surface area contributed by atoms with Crippen LogP contribution >= 0.6 is 0 Å². The van der Waals surface area contributed by atoms with Crippen LogP contribution in [0.3, 0.4) is 0 Å². The van der Waals surface area contributed by atoms with Gasteiger partial charge < -0.3 is 55.8 Å². The molecule has 1 N–H and O–H groups in total. The van der Waals surface area contributed by atoms with Gasteiger partial charge in [-0.2, -0.15) is 0 Å². The molecule has 0 bridgehead atoms. The van der Waals surface area contributed by atoms with Gasteiger partial charge in [0, 0.05) is 33.0 Å². The highest BCUT2D eigenvalue weighted by Gasteiger charge is 2.49. The Kier molecular flexibility index (Phi) is 16.4. The fourth-order valence-electron chi connectivity index (χ4n) is 3.08. The molecule has 0 aromatic rings. The standard InChI is InChI=1S/C19H42B6O12/c1-7-8-14-28-22-32-20(19(4,5)6)33-23(36-22)29-16-11-12-17-31-25-35-21(26)34-24(37-25)30-15-10-9-13-27-18(2)3/h18,26H,7-17H2,1-6H3. The van der Waals surface area contributed by atoms with Crippen molar-refractivity contribution in [1.82, 2.24) is 0 Å². The van der Waals surface area contributed by atoms with Gasteiger partial charge >= 0.3 is 43.7 Å². The first-order valence-corrected chi connectivity index (χ1v) is 13.4. The maximum absolute atomic E-state index is 9.73. The second-order valence-corrected chi connectivity index (χ2v) is 10.1. The van der Waals surface area contributed by atoms with Gasteiger partial charge in [-0.25, -0.2) is 0 Å². The minimum Gasteiger partial charge on any atom is -0.426 e. The Bertz CT molecular complexity index is 592. The quantitative estimate of drug-likeness (QED) is 0.208. The molecular formula is C19H42B6O12. The molecule has 2 aliphatic heterocycles. The zero-order valence-electron chi connectivity index (χ0n) is 23.3. The second-order valence-electron chi connectivity index (χ2n) is 10.1. The van der Waals surface area contributed by atoms with Gasteiger partial charge in [-0.3, -0.25) is 0 Å². The van der Waals surface area contributed by atoms with Gasteiger partial charge in [0.2, 0.25) is 0 Å². The zero-order valence-corrected chi connectivity index (χ0v) is 23.3. The Labute approximate surface area is 224 Å². The van der Waals surface area contributed by atoms with E-state index in [-0.39, 0.29) is 11.4 Å². The van der Waals surface area contributed by atoms with Crippen molar-refractivity contribution in [2.75, 3.05) is 33.0 Å². The SMILES string of the molecule is CCCCOB1OB(OCCCCOB2OB(O)OB(OCCCCOC(C)C)O2)OB(C(C)(C)C)O1. The molecule has 2 heterocycles. The lowest BCUT2D eigenvalue weighted by Gasteiger charge is -2.35. The van der Waals surface area contributed by atoms with Crippen LogP contribution in [0.4, 0.5) is 0 Å². The van der Waals surface area contributed by atoms with E-state index >= 15 is 0 Å². The molecule has 0 saturated carbocycles. The molecule has 12 nitrogen and oxygen atoms in total. The van der Waals surface area contributed by atoms with Crippen LogP contribution in [0, 0.1) is 0 Å². The Morgan fingerprint density at radius 1 is 0.622 bits per heavy atom. The molecular weight excluding hydrogens is 485 g/mol. The summed E-state index contributed by atoms with van der Waals surface area (Å²) in [6.07, 6.45) is 5.04. The lowest BCUT2D eigenvalue weighted by molar-refractivity contribution is 0.0643. The van der Waals surface area contributed by atoms with Crippen molar-refractivity contribution in [3.63, 3.8) is 0 Å². The summed E-state index contributed by atoms with van der Waals surface area (Å²) >= 11 is 0. The van der Waals surface area contributed by atoms with Crippen LogP contribution < -0.4 is 0 Å². The van der Waals surface area contributed by atoms with Crippen LogP contribution in [0.1, 0.15) is 80.1 Å². The summed E-state index contributed by atoms with van der Waals surface area (Å²) in [5.41, 5.74) is 0. The number of ether oxygens (including phenoxy) is 1. The lowest BCUT2D eigenvalue weighted by Crippen LogP contribution is -2.54. The molecule has 0 spiro atoms. The monoisotopic (exact) mass is 528 g/mol. The summed E-state index contributed by atoms with van der Waals surface area (Å²) in [6.45, 7) is 14.4. The average Bonchev–Trinajstić information content (AvgIpc) is 2.82. The van der Waals surface area contributed by atoms with Crippen LogP contribution in [0.25, 0.3) is 0 Å². The highest BCUT2D eigenvalue weighted by molar-refractivity contribution is 6.70. The Morgan fingerprint density at radius 3 is 1.43 bits per heavy atom. The van der Waals surface area contributed by atoms with Crippen molar-refractivity contribution in [1.29, 1.82) is 0 Å². The predicted octanol–water partition coefficient (Wildman–Crippen LogP) is 2.17. The maximum Gasteiger partial charge on any atom is 0.615 e. The van der Waals surface area contributed by atoms with E-state index in [1.54, 1.807) is 0 Å². The van der Waals surface area contributed by atoms with Gasteiger partial charge in [0.25, 0.3) is 0 Å². The van der Waals surface area contributed by atoms with E-state index in [4.69, 9.17) is 50.8 Å². The maximum atomic E-state index is 9.73. The van der Waals surface area contributed by atoms with E-state index in [1.807, 2.05) is 34.6 Å². The molecule has 0 unspecified atom stereocenters. The van der Waals surface area contributed by atoms with Crippen LogP contribution in [0.5, 0.6) is 0 Å². The topological polar surface area (TPSA) is 122 Å². The van der Waals surface area contributed by atoms with Crippen molar-refractivity contribution >= 4 is 43.7 Å². The molecule has 208 valence electrons. The lowest BCUT2D eigenvalue weighted by atomic mass is 9.58. The van der Waals surface area contributed by atoms with Crippen LogP contribution in [0.15, 0.2) is 0 Å². The summed E-state index contributed by atoms with van der Waals surface area (Å²) in [5.74, 6) is 0. The number of hydrogen-bond donors (Lipinski definition) is 1. The molecule has 2 fully saturated rings. The minimum atomic E-state index is -1.50. The molecule has 2 saturated heterocycles. The third-order valence-corrected chi connectivity index (χ3v) is 5.12. The zero-order chi connectivity index (χ0) is 27.1. The highest BCUT2D eigenvalue weighted by Crippen LogP contribution is 2.31. The first-order chi connectivity index (χ1) is 17.7. The van der Waals surface area contributed by atoms with Gasteiger partial charge in [-0.05, 0) is 51.3 Å². The van der Waals surface area contributed by atoms with E-state index in [0.717, 1.165) is 25.7 Å². The second kappa shape index (κ2) is 18.3. The highest BCUT2D eigenvalue weighted by atomic mass is 16.9. The summed E-state index contributed by atoms with van der Waals surface area (Å²) in [5, 5.41) is 9.46. The van der Waals surface area contributed by atoms with Crippen LogP contribution in [0.2, 0.25) is 5.31 Å². The van der Waals surface area contributed by atoms with Gasteiger partial charge in [-0.15, -0.1) is 0 Å². The van der Waals surface area contributed by atoms with Gasteiger partial charge in [0.1, 0.15) is 0 Å². The fourth-order valence-corrected chi connectivity index (χ4v) is 3.08. The van der Waals surface area contributed by atoms with Crippen molar-refractivity contribution in [2.45, 2.75) is 91.5 Å². The van der Waals surface area contributed by atoms with Gasteiger partial charge in [0.05, 0.1) is 6.10 Å². The molecule has 0 radical (unpaired) electrons. The van der Waals surface area contributed by atoms with E-state index < -0.39 is 43.7 Å². The van der Waals surface area contributed by atoms with E-state index in [0.29, 0.717) is 45.9 Å². The van der Waals surface area contributed by atoms with Crippen LogP contribution in [-0.4, -0.2) is 87.9 Å². The first kappa shape index (κ1) is 33.1. The summed E-state index contributed by atoms with van der Waals surface area (Å²) in [7, 11) is -5.93. The van der Waals surface area contributed by atoms with E-state index in [2.05, 4.69) is 6.92 Å². The molecule has 0 aromatic heterocycles. The predicted molar refractivity (Wildman–Crippen MR) is 141 cm³/mol. The van der Waals surface area contributed by atoms with E-state index in [9.17, 15) is 5.02 Å². The molecule has 2 rings (SSSR count). The van der Waals surface area contributed by atoms with Gasteiger partial charge in [-0.1, -0.05) is 34.1 Å². The normalized spacial score (nSPS) is 17.5. The smallest absolute Gasteiger partial charge is 0.426 e. The molecule has 0 atom stereocenters. The first-order valence-electron chi connectivity index (χ1n) is 13.4. The largest absolute Gasteiger partial charge is 0.615 e. The fraction of sp³-hybridized carbons (Fsp3) is 1.00. The van der Waals surface area contributed by atoms with E-state index in [1.165, 1.54) is 0 Å². The molecule has 37 heavy (non-hydrogen) atoms. The van der Waals surface area contributed by atoms with Crippen molar-refractivity contribution in [3.8, 4) is 0 Å². The molecule has 0 amide bonds. The minimum absolute atomic E-state index is 0.203. The molecule has 2 aliphatic rings. The molecule has 0 aliphatic carbocycles. The van der Waals surface area contributed by atoms with Crippen molar-refractivity contribution in [3.05, 3.63) is 0 Å². The number of unbranched alkanes of at least 4 members (excludes halogenated alkanes) is 3. The summed E-state index contributed by atoms with van der Waals surface area (Å²) in [4.78, 5) is 0. The van der Waals surface area contributed by atoms with Crippen molar-refractivity contribution in [2.24, 2.45) is 0 Å². The Hall–Kier alpha value is -0.0904.